The minimum atomic E-state index is -0.356. The first-order valence-electron chi connectivity index (χ1n) is 7.06. The lowest BCUT2D eigenvalue weighted by Gasteiger charge is -2.20. The molecule has 5 heteroatoms. The van der Waals surface area contributed by atoms with Crippen molar-refractivity contribution in [3.63, 3.8) is 0 Å². The SMILES string of the molecule is CCCNC(CCOCCC)c1ccc(Br)c(Cl)c1F. The van der Waals surface area contributed by atoms with Crippen LogP contribution in [0, 0.1) is 5.82 Å². The molecule has 0 aromatic heterocycles. The highest BCUT2D eigenvalue weighted by Gasteiger charge is 2.18. The molecule has 1 aromatic rings. The highest BCUT2D eigenvalue weighted by atomic mass is 79.9. The van der Waals surface area contributed by atoms with Gasteiger partial charge in [-0.2, -0.15) is 0 Å². The summed E-state index contributed by atoms with van der Waals surface area (Å²) >= 11 is 9.20. The van der Waals surface area contributed by atoms with Crippen molar-refractivity contribution in [1.82, 2.24) is 5.32 Å². The van der Waals surface area contributed by atoms with Gasteiger partial charge >= 0.3 is 0 Å². The molecule has 0 aliphatic carbocycles. The van der Waals surface area contributed by atoms with Crippen LogP contribution in [0.1, 0.15) is 44.7 Å². The normalized spacial score (nSPS) is 12.7. The van der Waals surface area contributed by atoms with E-state index in [1.54, 1.807) is 12.1 Å². The van der Waals surface area contributed by atoms with Gasteiger partial charge in [0.25, 0.3) is 0 Å². The number of nitrogens with one attached hydrogen (secondary N) is 1. The Labute approximate surface area is 134 Å². The molecule has 1 aromatic carbocycles. The van der Waals surface area contributed by atoms with Gasteiger partial charge in [0.2, 0.25) is 0 Å². The lowest BCUT2D eigenvalue weighted by atomic mass is 10.0. The molecule has 0 aliphatic heterocycles. The maximum atomic E-state index is 14.3. The minimum absolute atomic E-state index is 0.0718. The summed E-state index contributed by atoms with van der Waals surface area (Å²) in [5.41, 5.74) is 0.603. The summed E-state index contributed by atoms with van der Waals surface area (Å²) < 4.78 is 20.4. The van der Waals surface area contributed by atoms with Crippen LogP contribution in [0.2, 0.25) is 5.02 Å². The van der Waals surface area contributed by atoms with Gasteiger partial charge < -0.3 is 10.1 Å². The molecule has 0 radical (unpaired) electrons. The molecule has 0 spiro atoms. The zero-order valence-electron chi connectivity index (χ0n) is 12.0. The Hall–Kier alpha value is -0.160. The fourth-order valence-corrected chi connectivity index (χ4v) is 2.42. The van der Waals surface area contributed by atoms with E-state index in [1.807, 2.05) is 0 Å². The summed E-state index contributed by atoms with van der Waals surface area (Å²) in [5.74, 6) is -0.356. The summed E-state index contributed by atoms with van der Waals surface area (Å²) in [6, 6.07) is 3.49. The second-order valence-electron chi connectivity index (χ2n) is 4.67. The third-order valence-corrected chi connectivity index (χ3v) is 4.24. The molecule has 0 aliphatic rings. The first-order chi connectivity index (χ1) is 9.61. The Morgan fingerprint density at radius 3 is 2.70 bits per heavy atom. The predicted molar refractivity (Wildman–Crippen MR) is 85.9 cm³/mol. The smallest absolute Gasteiger partial charge is 0.147 e. The number of benzene rings is 1. The van der Waals surface area contributed by atoms with Crippen molar-refractivity contribution in [3.05, 3.63) is 33.0 Å². The molecule has 0 saturated heterocycles. The third-order valence-electron chi connectivity index (χ3n) is 2.98. The van der Waals surface area contributed by atoms with E-state index in [9.17, 15) is 4.39 Å². The van der Waals surface area contributed by atoms with Crippen LogP contribution in [0.3, 0.4) is 0 Å². The van der Waals surface area contributed by atoms with Crippen LogP contribution in [0.5, 0.6) is 0 Å². The fraction of sp³-hybridized carbons (Fsp3) is 0.600. The molecule has 1 atom stereocenters. The fourth-order valence-electron chi connectivity index (χ4n) is 1.94. The van der Waals surface area contributed by atoms with Gasteiger partial charge in [0.05, 0.1) is 5.02 Å². The van der Waals surface area contributed by atoms with Crippen molar-refractivity contribution >= 4 is 27.5 Å². The number of hydrogen-bond acceptors (Lipinski definition) is 2. The van der Waals surface area contributed by atoms with Crippen LogP contribution in [0.4, 0.5) is 4.39 Å². The summed E-state index contributed by atoms with van der Waals surface area (Å²) in [6.45, 7) is 6.35. The van der Waals surface area contributed by atoms with E-state index in [1.165, 1.54) is 0 Å². The number of ether oxygens (including phenoxy) is 1. The summed E-state index contributed by atoms with van der Waals surface area (Å²) in [7, 11) is 0. The summed E-state index contributed by atoms with van der Waals surface area (Å²) in [6.07, 6.45) is 2.72. The van der Waals surface area contributed by atoms with Gasteiger partial charge in [-0.05, 0) is 47.8 Å². The maximum Gasteiger partial charge on any atom is 0.147 e. The lowest BCUT2D eigenvalue weighted by Crippen LogP contribution is -2.24. The van der Waals surface area contributed by atoms with Crippen molar-refractivity contribution in [2.24, 2.45) is 0 Å². The molecule has 0 fully saturated rings. The molecule has 20 heavy (non-hydrogen) atoms. The van der Waals surface area contributed by atoms with Crippen LogP contribution >= 0.6 is 27.5 Å². The average molecular weight is 367 g/mol. The van der Waals surface area contributed by atoms with Crippen LogP contribution < -0.4 is 5.32 Å². The number of rotatable bonds is 9. The van der Waals surface area contributed by atoms with Gasteiger partial charge in [-0.25, -0.2) is 4.39 Å². The summed E-state index contributed by atoms with van der Waals surface area (Å²) in [4.78, 5) is 0. The molecule has 1 rings (SSSR count). The Morgan fingerprint density at radius 2 is 2.05 bits per heavy atom. The Morgan fingerprint density at radius 1 is 1.30 bits per heavy atom. The van der Waals surface area contributed by atoms with E-state index >= 15 is 0 Å². The van der Waals surface area contributed by atoms with Crippen molar-refractivity contribution in [1.29, 1.82) is 0 Å². The quantitative estimate of drug-likeness (QED) is 0.485. The van der Waals surface area contributed by atoms with Crippen LogP contribution in [0.25, 0.3) is 0 Å². The topological polar surface area (TPSA) is 21.3 Å². The van der Waals surface area contributed by atoms with Gasteiger partial charge in [-0.15, -0.1) is 0 Å². The molecule has 0 bridgehead atoms. The first-order valence-corrected chi connectivity index (χ1v) is 8.23. The monoisotopic (exact) mass is 365 g/mol. The molecule has 0 saturated carbocycles. The number of halogens is 3. The largest absolute Gasteiger partial charge is 0.381 e. The Bertz CT molecular complexity index is 417. The van der Waals surface area contributed by atoms with Crippen molar-refractivity contribution in [3.8, 4) is 0 Å². The predicted octanol–water partition coefficient (Wildman–Crippen LogP) is 5.10. The lowest BCUT2D eigenvalue weighted by molar-refractivity contribution is 0.124. The second kappa shape index (κ2) is 9.72. The van der Waals surface area contributed by atoms with Crippen molar-refractivity contribution < 1.29 is 9.13 Å². The van der Waals surface area contributed by atoms with Gasteiger partial charge in [-0.3, -0.25) is 0 Å². The van der Waals surface area contributed by atoms with Crippen LogP contribution in [0.15, 0.2) is 16.6 Å². The molecular weight excluding hydrogens is 345 g/mol. The van der Waals surface area contributed by atoms with E-state index < -0.39 is 0 Å². The molecule has 0 heterocycles. The zero-order valence-corrected chi connectivity index (χ0v) is 14.4. The summed E-state index contributed by atoms with van der Waals surface area (Å²) in [5, 5.41) is 3.50. The minimum Gasteiger partial charge on any atom is -0.381 e. The van der Waals surface area contributed by atoms with E-state index in [2.05, 4.69) is 35.1 Å². The molecule has 2 nitrogen and oxygen atoms in total. The molecular formula is C15H22BrClFNO. The third kappa shape index (κ3) is 5.32. The molecule has 1 N–H and O–H groups in total. The van der Waals surface area contributed by atoms with E-state index in [0.717, 1.165) is 32.4 Å². The van der Waals surface area contributed by atoms with E-state index in [4.69, 9.17) is 16.3 Å². The van der Waals surface area contributed by atoms with E-state index in [0.29, 0.717) is 16.6 Å². The van der Waals surface area contributed by atoms with Crippen molar-refractivity contribution in [2.45, 2.75) is 39.2 Å². The Kier molecular flexibility index (Phi) is 8.69. The van der Waals surface area contributed by atoms with Crippen molar-refractivity contribution in [2.75, 3.05) is 19.8 Å². The maximum absolute atomic E-state index is 14.3. The molecule has 114 valence electrons. The van der Waals surface area contributed by atoms with Crippen LogP contribution in [-0.2, 0) is 4.74 Å². The highest BCUT2D eigenvalue weighted by Crippen LogP contribution is 2.31. The average Bonchev–Trinajstić information content (AvgIpc) is 2.45. The van der Waals surface area contributed by atoms with Gasteiger partial charge in [0.1, 0.15) is 5.82 Å². The molecule has 1 unspecified atom stereocenters. The van der Waals surface area contributed by atoms with Gasteiger partial charge in [0, 0.05) is 29.3 Å². The van der Waals surface area contributed by atoms with E-state index in [-0.39, 0.29) is 16.9 Å². The molecule has 0 amide bonds. The standard InChI is InChI=1S/C15H22BrClFNO/c1-3-8-19-13(7-10-20-9-4-2)11-5-6-12(16)14(17)15(11)18/h5-6,13,19H,3-4,7-10H2,1-2H3. The number of hydrogen-bond donors (Lipinski definition) is 1. The highest BCUT2D eigenvalue weighted by molar-refractivity contribution is 9.10. The first kappa shape index (κ1) is 17.9. The Balaban J connectivity index is 2.78. The van der Waals surface area contributed by atoms with Gasteiger partial charge in [0.15, 0.2) is 0 Å². The van der Waals surface area contributed by atoms with Crippen LogP contribution in [-0.4, -0.2) is 19.8 Å². The van der Waals surface area contributed by atoms with Gasteiger partial charge in [-0.1, -0.05) is 31.5 Å². The zero-order chi connectivity index (χ0) is 15.0. The second-order valence-corrected chi connectivity index (χ2v) is 5.90.